The standard InChI is InChI=1S/C21H29BO6/c1-3-4-5-6-13-10-16(23)18(17(24)11-13)15-9-12(2)7-8-14(15)19(20(22)25)21(26,27)28/h9-11,14-15,23-28H,3-8H2,1-2H3/b20-19+. The van der Waals surface area contributed by atoms with Gasteiger partial charge >= 0.3 is 5.97 Å². The molecule has 6 N–H and O–H groups in total. The van der Waals surface area contributed by atoms with Crippen LogP contribution in [0.25, 0.3) is 0 Å². The summed E-state index contributed by atoms with van der Waals surface area (Å²) in [5, 5.41) is 60.1. The molecule has 0 amide bonds. The molecule has 1 aliphatic carbocycles. The summed E-state index contributed by atoms with van der Waals surface area (Å²) in [5.74, 6) is -5.08. The lowest BCUT2D eigenvalue weighted by molar-refractivity contribution is -0.287. The maximum atomic E-state index is 10.6. The summed E-state index contributed by atoms with van der Waals surface area (Å²) < 4.78 is 0. The number of phenolic OH excluding ortho intramolecular Hbond substituents is 2. The number of phenols is 2. The highest BCUT2D eigenvalue weighted by Crippen LogP contribution is 2.48. The topological polar surface area (TPSA) is 121 Å². The van der Waals surface area contributed by atoms with Gasteiger partial charge < -0.3 is 30.6 Å². The Morgan fingerprint density at radius 1 is 1.14 bits per heavy atom. The van der Waals surface area contributed by atoms with Gasteiger partial charge in [0.25, 0.3) is 0 Å². The molecule has 7 heteroatoms. The van der Waals surface area contributed by atoms with E-state index in [0.717, 1.165) is 36.8 Å². The lowest BCUT2D eigenvalue weighted by Gasteiger charge is -2.36. The molecule has 0 heterocycles. The van der Waals surface area contributed by atoms with Crippen molar-refractivity contribution >= 4 is 7.85 Å². The van der Waals surface area contributed by atoms with Gasteiger partial charge in [-0.2, -0.15) is 0 Å². The quantitative estimate of drug-likeness (QED) is 0.140. The van der Waals surface area contributed by atoms with Crippen molar-refractivity contribution in [2.75, 3.05) is 0 Å². The highest BCUT2D eigenvalue weighted by atomic mass is 16.7. The molecular weight excluding hydrogens is 359 g/mol. The van der Waals surface area contributed by atoms with Crippen LogP contribution in [0.5, 0.6) is 11.5 Å². The van der Waals surface area contributed by atoms with Crippen LogP contribution >= 0.6 is 0 Å². The number of aliphatic hydroxyl groups excluding tert-OH is 1. The largest absolute Gasteiger partial charge is 0.524 e. The fourth-order valence-electron chi connectivity index (χ4n) is 4.03. The van der Waals surface area contributed by atoms with Crippen LogP contribution in [0.15, 0.2) is 35.0 Å². The Morgan fingerprint density at radius 2 is 1.75 bits per heavy atom. The monoisotopic (exact) mass is 388 g/mol. The first kappa shape index (κ1) is 22.3. The summed E-state index contributed by atoms with van der Waals surface area (Å²) in [7, 11) is 5.41. The molecule has 2 rings (SSSR count). The number of hydrogen-bond donors (Lipinski definition) is 6. The van der Waals surface area contributed by atoms with Crippen molar-refractivity contribution in [2.24, 2.45) is 5.92 Å². The fourth-order valence-corrected chi connectivity index (χ4v) is 4.03. The van der Waals surface area contributed by atoms with Crippen molar-refractivity contribution in [1.82, 2.24) is 0 Å². The summed E-state index contributed by atoms with van der Waals surface area (Å²) in [6.07, 6.45) is 6.46. The van der Waals surface area contributed by atoms with E-state index in [2.05, 4.69) is 6.92 Å². The molecule has 2 atom stereocenters. The number of rotatable bonds is 7. The van der Waals surface area contributed by atoms with Crippen LogP contribution in [-0.2, 0) is 6.42 Å². The Kier molecular flexibility index (Phi) is 7.20. The first-order valence-electron chi connectivity index (χ1n) is 9.64. The zero-order valence-electron chi connectivity index (χ0n) is 16.4. The second-order valence-corrected chi connectivity index (χ2v) is 7.62. The van der Waals surface area contributed by atoms with E-state index in [9.17, 15) is 30.6 Å². The first-order valence-corrected chi connectivity index (χ1v) is 9.64. The SMILES string of the molecule is [B]/C(O)=C(/C1CCC(C)=CC1c1c(O)cc(CCCCC)cc1O)C(O)(O)O. The van der Waals surface area contributed by atoms with Crippen LogP contribution in [-0.4, -0.2) is 44.5 Å². The molecule has 0 aliphatic heterocycles. The summed E-state index contributed by atoms with van der Waals surface area (Å²) >= 11 is 0. The van der Waals surface area contributed by atoms with Gasteiger partial charge in [0.15, 0.2) is 7.85 Å². The summed E-state index contributed by atoms with van der Waals surface area (Å²) in [5.41, 5.74) is 0.532. The zero-order chi connectivity index (χ0) is 21.1. The average molecular weight is 388 g/mol. The first-order chi connectivity index (χ1) is 13.1. The molecule has 2 radical (unpaired) electrons. The third-order valence-corrected chi connectivity index (χ3v) is 5.35. The van der Waals surface area contributed by atoms with Crippen molar-refractivity contribution < 1.29 is 30.6 Å². The van der Waals surface area contributed by atoms with E-state index in [4.69, 9.17) is 7.85 Å². The van der Waals surface area contributed by atoms with Crippen LogP contribution in [0, 0.1) is 5.92 Å². The summed E-state index contributed by atoms with van der Waals surface area (Å²) in [4.78, 5) is 0. The van der Waals surface area contributed by atoms with E-state index in [1.165, 1.54) is 0 Å². The molecule has 0 spiro atoms. The van der Waals surface area contributed by atoms with Crippen LogP contribution in [0.1, 0.15) is 63.0 Å². The van der Waals surface area contributed by atoms with E-state index < -0.39 is 29.0 Å². The molecule has 1 aromatic carbocycles. The molecule has 6 nitrogen and oxygen atoms in total. The van der Waals surface area contributed by atoms with Gasteiger partial charge in [-0.05, 0) is 50.3 Å². The molecule has 0 bridgehead atoms. The van der Waals surface area contributed by atoms with Crippen LogP contribution in [0.3, 0.4) is 0 Å². The third-order valence-electron chi connectivity index (χ3n) is 5.35. The number of aromatic hydroxyl groups is 2. The molecule has 2 unspecified atom stereocenters. The van der Waals surface area contributed by atoms with Gasteiger partial charge in [0.05, 0.1) is 0 Å². The van der Waals surface area contributed by atoms with E-state index in [1.54, 1.807) is 18.2 Å². The zero-order valence-corrected chi connectivity index (χ0v) is 16.4. The van der Waals surface area contributed by atoms with E-state index in [0.29, 0.717) is 12.8 Å². The predicted molar refractivity (Wildman–Crippen MR) is 107 cm³/mol. The minimum atomic E-state index is -3.31. The third kappa shape index (κ3) is 5.10. The Balaban J connectivity index is 2.50. The second kappa shape index (κ2) is 9.03. The van der Waals surface area contributed by atoms with Crippen molar-refractivity contribution in [2.45, 2.75) is 64.3 Å². The summed E-state index contributed by atoms with van der Waals surface area (Å²) in [6.45, 7) is 3.98. The summed E-state index contributed by atoms with van der Waals surface area (Å²) in [6, 6.07) is 3.19. The van der Waals surface area contributed by atoms with Gasteiger partial charge in [-0.1, -0.05) is 31.4 Å². The normalized spacial score (nSPS) is 21.2. The molecule has 1 aliphatic rings. The molecule has 0 saturated carbocycles. The smallest absolute Gasteiger partial charge is 0.303 e. The van der Waals surface area contributed by atoms with Gasteiger partial charge in [0.1, 0.15) is 11.5 Å². The molecule has 0 fully saturated rings. The minimum absolute atomic E-state index is 0.122. The van der Waals surface area contributed by atoms with E-state index >= 15 is 0 Å². The van der Waals surface area contributed by atoms with Gasteiger partial charge in [-0.25, -0.2) is 0 Å². The Hall–Kier alpha value is -1.96. The minimum Gasteiger partial charge on any atom is -0.524 e. The highest BCUT2D eigenvalue weighted by molar-refractivity contribution is 6.20. The predicted octanol–water partition coefficient (Wildman–Crippen LogP) is 2.84. The number of aryl methyl sites for hydroxylation is 1. The van der Waals surface area contributed by atoms with Gasteiger partial charge in [-0.15, -0.1) is 0 Å². The van der Waals surface area contributed by atoms with Crippen molar-refractivity contribution in [3.63, 3.8) is 0 Å². The molecule has 1 aromatic rings. The second-order valence-electron chi connectivity index (χ2n) is 7.62. The Morgan fingerprint density at radius 3 is 2.25 bits per heavy atom. The maximum Gasteiger partial charge on any atom is 0.303 e. The van der Waals surface area contributed by atoms with Crippen LogP contribution in [0.4, 0.5) is 0 Å². The molecule has 0 aromatic heterocycles. The molecule has 0 saturated heterocycles. The maximum absolute atomic E-state index is 10.6. The van der Waals surface area contributed by atoms with E-state index in [1.807, 2.05) is 6.92 Å². The molecular formula is C21H29BO6. The lowest BCUT2D eigenvalue weighted by Crippen LogP contribution is -2.38. The van der Waals surface area contributed by atoms with Crippen molar-refractivity contribution in [3.05, 3.63) is 46.1 Å². The van der Waals surface area contributed by atoms with Gasteiger partial charge in [0.2, 0.25) is 0 Å². The number of aliphatic hydroxyl groups is 4. The number of hydrogen-bond acceptors (Lipinski definition) is 6. The Bertz CT molecular complexity index is 736. The van der Waals surface area contributed by atoms with E-state index in [-0.39, 0.29) is 17.1 Å². The number of benzene rings is 1. The van der Waals surface area contributed by atoms with Gasteiger partial charge in [-0.3, -0.25) is 0 Å². The van der Waals surface area contributed by atoms with Crippen molar-refractivity contribution in [1.29, 1.82) is 0 Å². The number of allylic oxidation sites excluding steroid dienone is 2. The lowest BCUT2D eigenvalue weighted by atomic mass is 9.70. The van der Waals surface area contributed by atoms with Crippen molar-refractivity contribution in [3.8, 4) is 11.5 Å². The Labute approximate surface area is 166 Å². The van der Waals surface area contributed by atoms with Crippen LogP contribution in [0.2, 0.25) is 0 Å². The van der Waals surface area contributed by atoms with Gasteiger partial charge in [0, 0.05) is 28.6 Å². The number of unbranched alkanes of at least 4 members (excludes halogenated alkanes) is 2. The fraction of sp³-hybridized carbons (Fsp3) is 0.524. The highest BCUT2D eigenvalue weighted by Gasteiger charge is 2.40. The van der Waals surface area contributed by atoms with Crippen LogP contribution < -0.4 is 0 Å². The molecule has 28 heavy (non-hydrogen) atoms. The molecule has 152 valence electrons. The average Bonchev–Trinajstić information content (AvgIpc) is 2.55.